The van der Waals surface area contributed by atoms with E-state index in [2.05, 4.69) is 34.3 Å². The summed E-state index contributed by atoms with van der Waals surface area (Å²) in [6, 6.07) is 8.30. The zero-order valence-electron chi connectivity index (χ0n) is 12.8. The second-order valence-electron chi connectivity index (χ2n) is 5.35. The lowest BCUT2D eigenvalue weighted by molar-refractivity contribution is 0.235. The van der Waals surface area contributed by atoms with Crippen LogP contribution in [0.4, 0.5) is 5.69 Å². The lowest BCUT2D eigenvalue weighted by atomic mass is 10.1. The van der Waals surface area contributed by atoms with E-state index in [0.717, 1.165) is 25.2 Å². The first-order chi connectivity index (χ1) is 9.78. The van der Waals surface area contributed by atoms with E-state index in [9.17, 15) is 0 Å². The molecule has 0 radical (unpaired) electrons. The van der Waals surface area contributed by atoms with Crippen molar-refractivity contribution in [3.8, 4) is 0 Å². The van der Waals surface area contributed by atoms with Crippen molar-refractivity contribution in [2.24, 2.45) is 10.7 Å². The Morgan fingerprint density at radius 1 is 1.29 bits per heavy atom. The molecule has 0 unspecified atom stereocenters. The van der Waals surface area contributed by atoms with E-state index in [0.29, 0.717) is 5.96 Å². The van der Waals surface area contributed by atoms with Crippen molar-refractivity contribution in [3.63, 3.8) is 0 Å². The molecule has 3 N–H and O–H groups in total. The number of guanidine groups is 1. The summed E-state index contributed by atoms with van der Waals surface area (Å²) in [5, 5.41) is 3.16. The Bertz CT molecular complexity index is 442. The van der Waals surface area contributed by atoms with Crippen LogP contribution in [0.25, 0.3) is 0 Å². The fourth-order valence-electron chi connectivity index (χ4n) is 2.55. The first-order valence-electron chi connectivity index (χ1n) is 7.66. The zero-order valence-corrected chi connectivity index (χ0v) is 15.2. The van der Waals surface area contributed by atoms with Crippen LogP contribution >= 0.6 is 24.0 Å². The fourth-order valence-corrected chi connectivity index (χ4v) is 2.55. The third-order valence-corrected chi connectivity index (χ3v) is 3.75. The molecule has 0 aliphatic carbocycles. The molecular weight excluding hydrogens is 375 g/mol. The standard InChI is InChI=1S/C16H26N4.HI/c1-2-14-7-6-8-15(13-14)19-16(17)18-9-12-20-10-4-3-5-11-20;/h6-8,13H,2-5,9-12H2,1H3,(H3,17,18,19);1H. The minimum Gasteiger partial charge on any atom is -0.370 e. The van der Waals surface area contributed by atoms with Crippen molar-refractivity contribution in [1.82, 2.24) is 4.90 Å². The molecule has 1 aliphatic heterocycles. The van der Waals surface area contributed by atoms with E-state index >= 15 is 0 Å². The molecule has 118 valence electrons. The number of nitrogens with two attached hydrogens (primary N) is 1. The van der Waals surface area contributed by atoms with Crippen LogP contribution in [0.2, 0.25) is 0 Å². The van der Waals surface area contributed by atoms with Gasteiger partial charge in [-0.25, -0.2) is 0 Å². The highest BCUT2D eigenvalue weighted by Crippen LogP contribution is 2.11. The molecule has 1 saturated heterocycles. The molecule has 1 heterocycles. The largest absolute Gasteiger partial charge is 0.370 e. The van der Waals surface area contributed by atoms with E-state index in [-0.39, 0.29) is 24.0 Å². The third kappa shape index (κ3) is 6.65. The molecular formula is C16H27IN4. The number of hydrogen-bond acceptors (Lipinski definition) is 2. The summed E-state index contributed by atoms with van der Waals surface area (Å²) in [6.07, 6.45) is 5.04. The average Bonchev–Trinajstić information content (AvgIpc) is 2.48. The summed E-state index contributed by atoms with van der Waals surface area (Å²) >= 11 is 0. The minimum absolute atomic E-state index is 0. The highest BCUT2D eigenvalue weighted by atomic mass is 127. The van der Waals surface area contributed by atoms with Crippen molar-refractivity contribution in [2.75, 3.05) is 31.5 Å². The Hall–Kier alpha value is -0.820. The van der Waals surface area contributed by atoms with Crippen LogP contribution in [0.15, 0.2) is 29.3 Å². The van der Waals surface area contributed by atoms with Gasteiger partial charge >= 0.3 is 0 Å². The number of anilines is 1. The van der Waals surface area contributed by atoms with E-state index < -0.39 is 0 Å². The molecule has 1 aliphatic rings. The molecule has 0 spiro atoms. The molecule has 0 aromatic heterocycles. The topological polar surface area (TPSA) is 53.6 Å². The SMILES string of the molecule is CCc1cccc(NC(N)=NCCN2CCCCC2)c1.I. The molecule has 2 rings (SSSR count). The molecule has 0 atom stereocenters. The van der Waals surface area contributed by atoms with Gasteiger partial charge in [0.1, 0.15) is 0 Å². The maximum Gasteiger partial charge on any atom is 0.193 e. The highest BCUT2D eigenvalue weighted by molar-refractivity contribution is 14.0. The van der Waals surface area contributed by atoms with Crippen LogP contribution in [0.1, 0.15) is 31.7 Å². The van der Waals surface area contributed by atoms with Crippen molar-refractivity contribution in [1.29, 1.82) is 0 Å². The summed E-state index contributed by atoms with van der Waals surface area (Å²) in [5.41, 5.74) is 8.25. The van der Waals surface area contributed by atoms with E-state index in [1.54, 1.807) is 0 Å². The molecule has 5 heteroatoms. The summed E-state index contributed by atoms with van der Waals surface area (Å²) in [7, 11) is 0. The van der Waals surface area contributed by atoms with Crippen LogP contribution in [0.5, 0.6) is 0 Å². The van der Waals surface area contributed by atoms with Crippen molar-refractivity contribution in [3.05, 3.63) is 29.8 Å². The lowest BCUT2D eigenvalue weighted by Gasteiger charge is -2.25. The predicted octanol–water partition coefficient (Wildman–Crippen LogP) is 3.08. The summed E-state index contributed by atoms with van der Waals surface area (Å²) in [6.45, 7) is 6.35. The lowest BCUT2D eigenvalue weighted by Crippen LogP contribution is -2.32. The molecule has 21 heavy (non-hydrogen) atoms. The quantitative estimate of drug-likeness (QED) is 0.452. The van der Waals surface area contributed by atoms with Gasteiger partial charge in [0, 0.05) is 12.2 Å². The van der Waals surface area contributed by atoms with Gasteiger partial charge in [-0.2, -0.15) is 0 Å². The second-order valence-corrected chi connectivity index (χ2v) is 5.35. The first kappa shape index (κ1) is 18.2. The normalized spacial score (nSPS) is 16.3. The van der Waals surface area contributed by atoms with Gasteiger partial charge in [0.25, 0.3) is 0 Å². The molecule has 1 aromatic carbocycles. The Morgan fingerprint density at radius 2 is 2.05 bits per heavy atom. The monoisotopic (exact) mass is 402 g/mol. The summed E-state index contributed by atoms with van der Waals surface area (Å²) < 4.78 is 0. The Kier molecular flexibility index (Phi) is 8.68. The molecule has 1 aromatic rings. The summed E-state index contributed by atoms with van der Waals surface area (Å²) in [4.78, 5) is 6.88. The van der Waals surface area contributed by atoms with Crippen molar-refractivity contribution >= 4 is 35.6 Å². The summed E-state index contributed by atoms with van der Waals surface area (Å²) in [5.74, 6) is 0.510. The van der Waals surface area contributed by atoms with Crippen LogP contribution < -0.4 is 11.1 Å². The van der Waals surface area contributed by atoms with E-state index in [1.165, 1.54) is 37.9 Å². The van der Waals surface area contributed by atoms with Gasteiger partial charge in [-0.1, -0.05) is 25.5 Å². The maximum absolute atomic E-state index is 5.93. The van der Waals surface area contributed by atoms with Crippen LogP contribution in [0.3, 0.4) is 0 Å². The van der Waals surface area contributed by atoms with Gasteiger partial charge in [-0.15, -0.1) is 24.0 Å². The van der Waals surface area contributed by atoms with Crippen LogP contribution in [-0.2, 0) is 6.42 Å². The molecule has 0 bridgehead atoms. The number of nitrogens with one attached hydrogen (secondary N) is 1. The van der Waals surface area contributed by atoms with E-state index in [1.807, 2.05) is 12.1 Å². The fraction of sp³-hybridized carbons (Fsp3) is 0.562. The second kappa shape index (κ2) is 10.00. The molecule has 1 fully saturated rings. The number of nitrogens with zero attached hydrogens (tertiary/aromatic N) is 2. The third-order valence-electron chi connectivity index (χ3n) is 3.75. The average molecular weight is 402 g/mol. The predicted molar refractivity (Wildman–Crippen MR) is 102 cm³/mol. The van der Waals surface area contributed by atoms with Gasteiger partial charge in [-0.05, 0) is 50.0 Å². The number of aliphatic imine (C=N–C) groups is 1. The zero-order chi connectivity index (χ0) is 14.2. The van der Waals surface area contributed by atoms with Gasteiger partial charge in [-0.3, -0.25) is 4.99 Å². The van der Waals surface area contributed by atoms with Crippen LogP contribution in [0, 0.1) is 0 Å². The number of benzene rings is 1. The number of likely N-dealkylation sites (tertiary alicyclic amines) is 1. The van der Waals surface area contributed by atoms with Crippen molar-refractivity contribution < 1.29 is 0 Å². The Labute approximate surface area is 145 Å². The molecule has 0 saturated carbocycles. The first-order valence-corrected chi connectivity index (χ1v) is 7.66. The smallest absolute Gasteiger partial charge is 0.193 e. The Balaban J connectivity index is 0.00000220. The van der Waals surface area contributed by atoms with Gasteiger partial charge in [0.05, 0.1) is 6.54 Å². The van der Waals surface area contributed by atoms with Gasteiger partial charge in [0.15, 0.2) is 5.96 Å². The number of aryl methyl sites for hydroxylation is 1. The van der Waals surface area contributed by atoms with Gasteiger partial charge in [0.2, 0.25) is 0 Å². The Morgan fingerprint density at radius 3 is 2.76 bits per heavy atom. The highest BCUT2D eigenvalue weighted by Gasteiger charge is 2.08. The van der Waals surface area contributed by atoms with Crippen molar-refractivity contribution in [2.45, 2.75) is 32.6 Å². The number of rotatable bonds is 5. The minimum atomic E-state index is 0. The number of hydrogen-bond donors (Lipinski definition) is 2. The van der Waals surface area contributed by atoms with Crippen LogP contribution in [-0.4, -0.2) is 37.0 Å². The maximum atomic E-state index is 5.93. The van der Waals surface area contributed by atoms with Gasteiger partial charge < -0.3 is 16.0 Å². The number of piperidine rings is 1. The number of halogens is 1. The molecule has 4 nitrogen and oxygen atoms in total. The molecule has 0 amide bonds. The van der Waals surface area contributed by atoms with E-state index in [4.69, 9.17) is 5.73 Å².